The van der Waals surface area contributed by atoms with E-state index in [4.69, 9.17) is 4.98 Å². The van der Waals surface area contributed by atoms with Crippen molar-refractivity contribution in [2.75, 3.05) is 6.54 Å². The number of phenols is 1. The third-order valence-electron chi connectivity index (χ3n) is 5.67. The Morgan fingerprint density at radius 3 is 2.85 bits per heavy atom. The zero-order chi connectivity index (χ0) is 18.8. The van der Waals surface area contributed by atoms with Crippen LogP contribution in [0.5, 0.6) is 5.75 Å². The van der Waals surface area contributed by atoms with Gasteiger partial charge in [0.05, 0.1) is 4.92 Å². The summed E-state index contributed by atoms with van der Waals surface area (Å²) in [6, 6.07) is 4.17. The van der Waals surface area contributed by atoms with Crippen LogP contribution >= 0.6 is 0 Å². The number of hydrogen-bond donors (Lipinski definition) is 1. The van der Waals surface area contributed by atoms with Gasteiger partial charge in [-0.25, -0.2) is 9.97 Å². The highest BCUT2D eigenvalue weighted by atomic mass is 16.6. The molecule has 0 bridgehead atoms. The third kappa shape index (κ3) is 3.93. The van der Waals surface area contributed by atoms with Gasteiger partial charge in [0, 0.05) is 67.1 Å². The van der Waals surface area contributed by atoms with E-state index in [1.807, 2.05) is 6.20 Å². The monoisotopic (exact) mass is 368 g/mol. The molecule has 2 heterocycles. The van der Waals surface area contributed by atoms with E-state index in [-0.39, 0.29) is 11.4 Å². The van der Waals surface area contributed by atoms with Gasteiger partial charge in [-0.05, 0) is 18.9 Å². The molecular weight excluding hydrogens is 344 g/mol. The van der Waals surface area contributed by atoms with Crippen molar-refractivity contribution in [2.45, 2.75) is 57.5 Å². The van der Waals surface area contributed by atoms with Gasteiger partial charge in [-0.15, -0.1) is 0 Å². The van der Waals surface area contributed by atoms with Crippen molar-refractivity contribution in [3.05, 3.63) is 57.2 Å². The largest absolute Gasteiger partial charge is 0.508 e. The van der Waals surface area contributed by atoms with Crippen molar-refractivity contribution in [2.24, 2.45) is 0 Å². The van der Waals surface area contributed by atoms with Crippen molar-refractivity contribution < 1.29 is 10.0 Å². The molecule has 0 saturated heterocycles. The Morgan fingerprint density at radius 1 is 1.26 bits per heavy atom. The van der Waals surface area contributed by atoms with E-state index in [1.54, 1.807) is 0 Å². The highest BCUT2D eigenvalue weighted by Gasteiger charge is 2.23. The fraction of sp³-hybridized carbons (Fsp3) is 0.500. The molecule has 7 nitrogen and oxygen atoms in total. The van der Waals surface area contributed by atoms with Gasteiger partial charge in [-0.3, -0.25) is 15.0 Å². The first-order valence-electron chi connectivity index (χ1n) is 9.63. The number of nitro benzene ring substituents is 1. The van der Waals surface area contributed by atoms with Crippen LogP contribution in [-0.4, -0.2) is 31.4 Å². The lowest BCUT2D eigenvalue weighted by Gasteiger charge is -2.29. The number of non-ortho nitro benzene ring substituents is 1. The lowest BCUT2D eigenvalue weighted by molar-refractivity contribution is -0.385. The molecule has 0 amide bonds. The molecule has 1 saturated carbocycles. The quantitative estimate of drug-likeness (QED) is 0.653. The summed E-state index contributed by atoms with van der Waals surface area (Å²) in [5.74, 6) is 1.59. The highest BCUT2D eigenvalue weighted by Crippen LogP contribution is 2.32. The molecule has 1 aliphatic carbocycles. The Bertz CT molecular complexity index is 849. The Kier molecular flexibility index (Phi) is 5.03. The highest BCUT2D eigenvalue weighted by molar-refractivity contribution is 5.43. The minimum Gasteiger partial charge on any atom is -0.508 e. The first-order chi connectivity index (χ1) is 13.1. The molecule has 7 heteroatoms. The van der Waals surface area contributed by atoms with Gasteiger partial charge in [0.2, 0.25) is 0 Å². The number of nitro groups is 1. The second-order valence-electron chi connectivity index (χ2n) is 7.57. The van der Waals surface area contributed by atoms with Crippen LogP contribution in [0.15, 0.2) is 24.4 Å². The van der Waals surface area contributed by atoms with Crippen LogP contribution in [0.25, 0.3) is 0 Å². The molecule has 27 heavy (non-hydrogen) atoms. The number of aromatic hydroxyl groups is 1. The predicted octanol–water partition coefficient (Wildman–Crippen LogP) is 3.70. The molecule has 1 aromatic heterocycles. The molecule has 142 valence electrons. The van der Waals surface area contributed by atoms with Crippen molar-refractivity contribution >= 4 is 5.69 Å². The fourth-order valence-electron chi connectivity index (χ4n) is 4.14. The molecular formula is C20H24N4O3. The number of rotatable bonds is 4. The average Bonchev–Trinajstić information content (AvgIpc) is 2.69. The van der Waals surface area contributed by atoms with E-state index in [0.717, 1.165) is 30.0 Å². The summed E-state index contributed by atoms with van der Waals surface area (Å²) in [4.78, 5) is 22.2. The standard InChI is InChI=1S/C20H24N4O3/c25-19-7-6-17(24(26)27)10-15(19)12-23-9-8-18-16(13-23)11-21-20(22-18)14-4-2-1-3-5-14/h6-7,10-11,14,25H,1-5,8-9,12-13H2. The van der Waals surface area contributed by atoms with E-state index in [1.165, 1.54) is 50.3 Å². The minimum absolute atomic E-state index is 0.000617. The first kappa shape index (κ1) is 17.9. The van der Waals surface area contributed by atoms with Gasteiger partial charge in [-0.2, -0.15) is 0 Å². The van der Waals surface area contributed by atoms with Crippen LogP contribution in [0, 0.1) is 10.1 Å². The zero-order valence-electron chi connectivity index (χ0n) is 15.3. The van der Waals surface area contributed by atoms with Gasteiger partial charge in [0.25, 0.3) is 5.69 Å². The summed E-state index contributed by atoms with van der Waals surface area (Å²) in [5.41, 5.74) is 2.82. The molecule has 1 aliphatic heterocycles. The number of hydrogen-bond acceptors (Lipinski definition) is 6. The molecule has 1 aromatic carbocycles. The molecule has 0 atom stereocenters. The average molecular weight is 368 g/mol. The van der Waals surface area contributed by atoms with Crippen LogP contribution in [0.3, 0.4) is 0 Å². The molecule has 0 spiro atoms. The van der Waals surface area contributed by atoms with Crippen molar-refractivity contribution in [1.29, 1.82) is 0 Å². The maximum Gasteiger partial charge on any atom is 0.270 e. The second-order valence-corrected chi connectivity index (χ2v) is 7.57. The van der Waals surface area contributed by atoms with Crippen molar-refractivity contribution in [1.82, 2.24) is 14.9 Å². The SMILES string of the molecule is O=[N+]([O-])c1ccc(O)c(CN2CCc3nc(C4CCCCC4)ncc3C2)c1. The van der Waals surface area contributed by atoms with Crippen molar-refractivity contribution in [3.8, 4) is 5.75 Å². The lowest BCUT2D eigenvalue weighted by Crippen LogP contribution is -2.31. The van der Waals surface area contributed by atoms with Gasteiger partial charge in [-0.1, -0.05) is 19.3 Å². The predicted molar refractivity (Wildman–Crippen MR) is 100 cm³/mol. The summed E-state index contributed by atoms with van der Waals surface area (Å²) < 4.78 is 0. The maximum atomic E-state index is 11.0. The van der Waals surface area contributed by atoms with Crippen LogP contribution in [0.1, 0.15) is 60.7 Å². The van der Waals surface area contributed by atoms with Crippen LogP contribution < -0.4 is 0 Å². The zero-order valence-corrected chi connectivity index (χ0v) is 15.3. The van der Waals surface area contributed by atoms with E-state index in [9.17, 15) is 15.2 Å². The topological polar surface area (TPSA) is 92.4 Å². The van der Waals surface area contributed by atoms with E-state index >= 15 is 0 Å². The summed E-state index contributed by atoms with van der Waals surface area (Å²) in [5, 5.41) is 21.0. The second kappa shape index (κ2) is 7.60. The maximum absolute atomic E-state index is 11.0. The normalized spacial score (nSPS) is 18.2. The molecule has 1 fully saturated rings. The molecule has 0 radical (unpaired) electrons. The first-order valence-corrected chi connectivity index (χ1v) is 9.63. The Labute approximate surface area is 158 Å². The van der Waals surface area contributed by atoms with Crippen LogP contribution in [0.2, 0.25) is 0 Å². The number of phenolic OH excluding ortho intramolecular Hbond substituents is 1. The fourth-order valence-corrected chi connectivity index (χ4v) is 4.14. The van der Waals surface area contributed by atoms with E-state index in [2.05, 4.69) is 9.88 Å². The molecule has 2 aromatic rings. The van der Waals surface area contributed by atoms with Gasteiger partial charge >= 0.3 is 0 Å². The molecule has 1 N–H and O–H groups in total. The van der Waals surface area contributed by atoms with E-state index < -0.39 is 4.92 Å². The van der Waals surface area contributed by atoms with Gasteiger partial charge in [0.15, 0.2) is 0 Å². The number of aromatic nitrogens is 2. The van der Waals surface area contributed by atoms with Gasteiger partial charge < -0.3 is 5.11 Å². The third-order valence-corrected chi connectivity index (χ3v) is 5.67. The summed E-state index contributed by atoms with van der Waals surface area (Å²) in [6.45, 7) is 1.98. The van der Waals surface area contributed by atoms with Gasteiger partial charge in [0.1, 0.15) is 11.6 Å². The number of nitrogens with zero attached hydrogens (tertiary/aromatic N) is 4. The van der Waals surface area contributed by atoms with Crippen LogP contribution in [-0.2, 0) is 19.5 Å². The molecule has 0 unspecified atom stereocenters. The van der Waals surface area contributed by atoms with Crippen molar-refractivity contribution in [3.63, 3.8) is 0 Å². The number of fused-ring (bicyclic) bond motifs is 1. The summed E-state index contributed by atoms with van der Waals surface area (Å²) in [6.07, 6.45) is 9.03. The smallest absolute Gasteiger partial charge is 0.270 e. The van der Waals surface area contributed by atoms with E-state index in [0.29, 0.717) is 24.6 Å². The van der Waals surface area contributed by atoms with Crippen LogP contribution in [0.4, 0.5) is 5.69 Å². The lowest BCUT2D eigenvalue weighted by atomic mass is 9.88. The molecule has 4 rings (SSSR count). The minimum atomic E-state index is -0.435. The Hall–Kier alpha value is -2.54. The Morgan fingerprint density at radius 2 is 2.07 bits per heavy atom. The summed E-state index contributed by atoms with van der Waals surface area (Å²) >= 11 is 0. The molecule has 2 aliphatic rings. The Balaban J connectivity index is 1.47. The number of benzene rings is 1. The summed E-state index contributed by atoms with van der Waals surface area (Å²) in [7, 11) is 0.